The molecule has 2 atom stereocenters. The normalized spacial score (nSPS) is 19.6. The van der Waals surface area contributed by atoms with Crippen LogP contribution in [-0.4, -0.2) is 49.2 Å². The molecule has 2 aromatic rings. The Bertz CT molecular complexity index is 1100. The molecule has 1 saturated heterocycles. The van der Waals surface area contributed by atoms with Crippen LogP contribution >= 0.6 is 11.8 Å². The number of para-hydroxylation sites is 2. The lowest BCUT2D eigenvalue weighted by Crippen LogP contribution is -2.45. The van der Waals surface area contributed by atoms with Crippen molar-refractivity contribution < 1.29 is 19.0 Å². The highest BCUT2D eigenvalue weighted by molar-refractivity contribution is 8.00. The number of hydrogen-bond acceptors (Lipinski definition) is 6. The number of benzene rings is 1. The fourth-order valence-corrected chi connectivity index (χ4v) is 3.97. The standard InChI is InChI=1S/C21H19N3O4S/c1-22-16-9-13-10-18-19(28-8-7-27-18)11-15(13)24-21(16)29-12-20(25)23-14-5-3-4-6-17(14)26-2/h3-6,9-11,18-19H,7-8,12H2,2H3,(H,23,25). The maximum atomic E-state index is 12.4. The molecule has 1 aliphatic carbocycles. The number of anilines is 1. The lowest BCUT2D eigenvalue weighted by Gasteiger charge is -2.29. The van der Waals surface area contributed by atoms with E-state index in [1.807, 2.05) is 24.3 Å². The maximum Gasteiger partial charge on any atom is 0.234 e. The predicted octanol–water partition coefficient (Wildman–Crippen LogP) is 1.73. The summed E-state index contributed by atoms with van der Waals surface area (Å²) < 4.78 is 16.7. The van der Waals surface area contributed by atoms with Crippen molar-refractivity contribution in [2.45, 2.75) is 17.2 Å². The summed E-state index contributed by atoms with van der Waals surface area (Å²) in [5.41, 5.74) is 1.02. The SMILES string of the molecule is [C-]#[N+]c1cc2c(nc1SCC(=O)Nc1ccccc1OC)=CC1OCCOC1C=2. The Kier molecular flexibility index (Phi) is 5.81. The molecular weight excluding hydrogens is 390 g/mol. The minimum absolute atomic E-state index is 0.127. The second-order valence-corrected chi connectivity index (χ2v) is 7.40. The fourth-order valence-electron chi connectivity index (χ4n) is 3.21. The molecule has 0 bridgehead atoms. The highest BCUT2D eigenvalue weighted by Gasteiger charge is 2.26. The van der Waals surface area contributed by atoms with Gasteiger partial charge in [0.05, 0.1) is 43.7 Å². The number of pyridine rings is 1. The van der Waals surface area contributed by atoms with Crippen LogP contribution in [0.3, 0.4) is 0 Å². The number of amides is 1. The van der Waals surface area contributed by atoms with Crippen molar-refractivity contribution in [1.29, 1.82) is 0 Å². The van der Waals surface area contributed by atoms with E-state index in [-0.39, 0.29) is 23.9 Å². The number of nitrogens with zero attached hydrogens (tertiary/aromatic N) is 2. The number of thioether (sulfide) groups is 1. The zero-order valence-corrected chi connectivity index (χ0v) is 16.6. The van der Waals surface area contributed by atoms with Gasteiger partial charge in [-0.25, -0.2) is 4.85 Å². The smallest absolute Gasteiger partial charge is 0.234 e. The minimum atomic E-state index is -0.199. The molecule has 0 radical (unpaired) electrons. The Morgan fingerprint density at radius 3 is 2.83 bits per heavy atom. The van der Waals surface area contributed by atoms with Crippen molar-refractivity contribution in [3.63, 3.8) is 0 Å². The molecule has 1 aliphatic heterocycles. The summed E-state index contributed by atoms with van der Waals surface area (Å²) in [6.45, 7) is 8.58. The van der Waals surface area contributed by atoms with Gasteiger partial charge in [0.2, 0.25) is 11.6 Å². The molecule has 1 aromatic heterocycles. The number of aromatic nitrogens is 1. The highest BCUT2D eigenvalue weighted by Crippen LogP contribution is 2.27. The van der Waals surface area contributed by atoms with Crippen LogP contribution in [0.5, 0.6) is 5.75 Å². The lowest BCUT2D eigenvalue weighted by atomic mass is 10.1. The number of rotatable bonds is 5. The number of fused-ring (bicyclic) bond motifs is 2. The third-order valence-electron chi connectivity index (χ3n) is 4.56. The Morgan fingerprint density at radius 2 is 2.07 bits per heavy atom. The number of nitrogens with one attached hydrogen (secondary N) is 1. The average Bonchev–Trinajstić information content (AvgIpc) is 2.76. The van der Waals surface area contributed by atoms with Gasteiger partial charge in [0.15, 0.2) is 0 Å². The Morgan fingerprint density at radius 1 is 1.31 bits per heavy atom. The molecule has 2 unspecified atom stereocenters. The molecule has 1 aromatic carbocycles. The number of carbonyl (C=O) groups excluding carboxylic acids is 1. The van der Waals surface area contributed by atoms with Crippen LogP contribution < -0.4 is 20.6 Å². The Balaban J connectivity index is 1.52. The first-order valence-corrected chi connectivity index (χ1v) is 10.1. The van der Waals surface area contributed by atoms with Crippen LogP contribution in [0.2, 0.25) is 0 Å². The highest BCUT2D eigenvalue weighted by atomic mass is 32.2. The van der Waals surface area contributed by atoms with Crippen molar-refractivity contribution >= 4 is 41.2 Å². The van der Waals surface area contributed by atoms with Gasteiger partial charge in [0.1, 0.15) is 23.0 Å². The van der Waals surface area contributed by atoms with Gasteiger partial charge in [-0.15, -0.1) is 11.8 Å². The molecule has 2 heterocycles. The monoisotopic (exact) mass is 409 g/mol. The predicted molar refractivity (Wildman–Crippen MR) is 111 cm³/mol. The summed E-state index contributed by atoms with van der Waals surface area (Å²) in [5, 5.41) is 4.95. The van der Waals surface area contributed by atoms with E-state index in [0.717, 1.165) is 10.6 Å². The van der Waals surface area contributed by atoms with Gasteiger partial charge in [-0.3, -0.25) is 9.78 Å². The van der Waals surface area contributed by atoms with E-state index in [9.17, 15) is 4.79 Å². The van der Waals surface area contributed by atoms with Crippen molar-refractivity contribution in [2.24, 2.45) is 0 Å². The van der Waals surface area contributed by atoms with Gasteiger partial charge >= 0.3 is 0 Å². The van der Waals surface area contributed by atoms with E-state index in [4.69, 9.17) is 20.8 Å². The lowest BCUT2D eigenvalue weighted by molar-refractivity contribution is -0.113. The van der Waals surface area contributed by atoms with E-state index in [1.165, 1.54) is 11.8 Å². The van der Waals surface area contributed by atoms with E-state index in [2.05, 4.69) is 15.1 Å². The van der Waals surface area contributed by atoms with Gasteiger partial charge in [-0.05, 0) is 35.6 Å². The summed E-state index contributed by atoms with van der Waals surface area (Å²) >= 11 is 1.23. The van der Waals surface area contributed by atoms with E-state index >= 15 is 0 Å². The fraction of sp³-hybridized carbons (Fsp3) is 0.286. The second-order valence-electron chi connectivity index (χ2n) is 6.44. The van der Waals surface area contributed by atoms with Gasteiger partial charge in [-0.2, -0.15) is 0 Å². The average molecular weight is 409 g/mol. The van der Waals surface area contributed by atoms with Gasteiger partial charge in [0, 0.05) is 0 Å². The first-order valence-electron chi connectivity index (χ1n) is 9.09. The molecule has 2 aliphatic rings. The van der Waals surface area contributed by atoms with Gasteiger partial charge in [0.25, 0.3) is 0 Å². The number of methoxy groups -OCH3 is 1. The molecule has 1 fully saturated rings. The summed E-state index contributed by atoms with van der Waals surface area (Å²) in [4.78, 5) is 20.6. The maximum absolute atomic E-state index is 12.4. The number of ether oxygens (including phenoxy) is 3. The third-order valence-corrected chi connectivity index (χ3v) is 5.54. The summed E-state index contributed by atoms with van der Waals surface area (Å²) in [5.74, 6) is 0.519. The first kappa shape index (κ1) is 19.5. The van der Waals surface area contributed by atoms with Crippen molar-refractivity contribution in [3.8, 4) is 5.75 Å². The molecule has 8 heteroatoms. The molecule has 148 valence electrons. The third kappa shape index (κ3) is 4.27. The summed E-state index contributed by atoms with van der Waals surface area (Å²) in [6, 6.07) is 9.00. The Labute approximate surface area is 172 Å². The van der Waals surface area contributed by atoms with Crippen molar-refractivity contribution in [3.05, 3.63) is 52.3 Å². The van der Waals surface area contributed by atoms with Crippen LogP contribution in [0.4, 0.5) is 11.4 Å². The van der Waals surface area contributed by atoms with Crippen molar-refractivity contribution in [1.82, 2.24) is 4.98 Å². The van der Waals surface area contributed by atoms with Gasteiger partial charge in [-0.1, -0.05) is 12.1 Å². The van der Waals surface area contributed by atoms with E-state index < -0.39 is 0 Å². The van der Waals surface area contributed by atoms with E-state index in [0.29, 0.717) is 35.4 Å². The van der Waals surface area contributed by atoms with Gasteiger partial charge < -0.3 is 19.5 Å². The zero-order valence-electron chi connectivity index (χ0n) is 15.8. The van der Waals surface area contributed by atoms with Crippen LogP contribution in [-0.2, 0) is 14.3 Å². The van der Waals surface area contributed by atoms with Crippen LogP contribution in [0.25, 0.3) is 17.0 Å². The molecular formula is C21H19N3O4S. The molecule has 0 saturated carbocycles. The molecule has 0 spiro atoms. The van der Waals surface area contributed by atoms with Crippen LogP contribution in [0, 0.1) is 6.57 Å². The largest absolute Gasteiger partial charge is 0.495 e. The van der Waals surface area contributed by atoms with Crippen LogP contribution in [0.1, 0.15) is 0 Å². The first-order chi connectivity index (χ1) is 14.2. The summed E-state index contributed by atoms with van der Waals surface area (Å²) in [7, 11) is 1.55. The Hall–Kier alpha value is -2.86. The van der Waals surface area contributed by atoms with Crippen molar-refractivity contribution in [2.75, 3.05) is 31.4 Å². The quantitative estimate of drug-likeness (QED) is 0.599. The number of carbonyl (C=O) groups is 1. The number of hydrogen-bond donors (Lipinski definition) is 1. The molecule has 1 N–H and O–H groups in total. The molecule has 7 nitrogen and oxygen atoms in total. The van der Waals surface area contributed by atoms with E-state index in [1.54, 1.807) is 25.3 Å². The molecule has 1 amide bonds. The zero-order chi connectivity index (χ0) is 20.2. The van der Waals surface area contributed by atoms with Crippen LogP contribution in [0.15, 0.2) is 35.4 Å². The minimum Gasteiger partial charge on any atom is -0.495 e. The second kappa shape index (κ2) is 8.66. The molecule has 4 rings (SSSR count). The summed E-state index contributed by atoms with van der Waals surface area (Å²) in [6.07, 6.45) is 3.55. The topological polar surface area (TPSA) is 74.0 Å². The molecule has 29 heavy (non-hydrogen) atoms.